The van der Waals surface area contributed by atoms with Crippen molar-refractivity contribution in [3.8, 4) is 0 Å². The second-order valence-electron chi connectivity index (χ2n) is 7.21. The summed E-state index contributed by atoms with van der Waals surface area (Å²) in [4.78, 5) is 30.5. The normalized spacial score (nSPS) is 15.2. The van der Waals surface area contributed by atoms with Crippen LogP contribution in [0, 0.1) is 0 Å². The SMILES string of the molecule is CN1CCN(Cc2ccc(NC(=O)c3[nH]ncc3NC(=O)N(C)C)cc2)CC1. The molecule has 1 fully saturated rings. The molecular weight excluding hydrogens is 358 g/mol. The van der Waals surface area contributed by atoms with Crippen LogP contribution in [0.3, 0.4) is 0 Å². The zero-order valence-electron chi connectivity index (χ0n) is 16.5. The largest absolute Gasteiger partial charge is 0.331 e. The van der Waals surface area contributed by atoms with Crippen LogP contribution in [0.5, 0.6) is 0 Å². The highest BCUT2D eigenvalue weighted by Crippen LogP contribution is 2.17. The Bertz CT molecular complexity index is 808. The molecule has 0 atom stereocenters. The number of nitrogens with one attached hydrogen (secondary N) is 3. The summed E-state index contributed by atoms with van der Waals surface area (Å²) in [6.07, 6.45) is 1.41. The molecular formula is C19H27N7O2. The quantitative estimate of drug-likeness (QED) is 0.725. The summed E-state index contributed by atoms with van der Waals surface area (Å²) in [5.74, 6) is -0.363. The highest BCUT2D eigenvalue weighted by Gasteiger charge is 2.17. The van der Waals surface area contributed by atoms with E-state index in [4.69, 9.17) is 0 Å². The minimum atomic E-state index is -0.363. The van der Waals surface area contributed by atoms with Gasteiger partial charge in [-0.25, -0.2) is 4.79 Å². The van der Waals surface area contributed by atoms with Gasteiger partial charge < -0.3 is 20.4 Å². The van der Waals surface area contributed by atoms with E-state index >= 15 is 0 Å². The molecule has 0 saturated carbocycles. The van der Waals surface area contributed by atoms with Crippen LogP contribution in [0.1, 0.15) is 16.1 Å². The number of hydrogen-bond acceptors (Lipinski definition) is 5. The second kappa shape index (κ2) is 8.85. The molecule has 2 heterocycles. The van der Waals surface area contributed by atoms with Crippen LogP contribution in [0.15, 0.2) is 30.5 Å². The van der Waals surface area contributed by atoms with Gasteiger partial charge in [0.25, 0.3) is 5.91 Å². The summed E-state index contributed by atoms with van der Waals surface area (Å²) in [6.45, 7) is 5.21. The third-order valence-electron chi connectivity index (χ3n) is 4.73. The van der Waals surface area contributed by atoms with E-state index in [1.807, 2.05) is 24.3 Å². The molecule has 9 heteroatoms. The van der Waals surface area contributed by atoms with Gasteiger partial charge in [0, 0.05) is 52.5 Å². The maximum Gasteiger partial charge on any atom is 0.321 e. The van der Waals surface area contributed by atoms with Gasteiger partial charge >= 0.3 is 6.03 Å². The molecule has 28 heavy (non-hydrogen) atoms. The molecule has 1 aromatic heterocycles. The zero-order chi connectivity index (χ0) is 20.1. The van der Waals surface area contributed by atoms with Gasteiger partial charge in [0.05, 0.1) is 11.9 Å². The minimum absolute atomic E-state index is 0.205. The Hall–Kier alpha value is -2.91. The third-order valence-corrected chi connectivity index (χ3v) is 4.73. The summed E-state index contributed by atoms with van der Waals surface area (Å²) in [5.41, 5.74) is 2.44. The number of hydrogen-bond donors (Lipinski definition) is 3. The van der Waals surface area contributed by atoms with Crippen LogP contribution in [-0.4, -0.2) is 84.2 Å². The van der Waals surface area contributed by atoms with Crippen LogP contribution in [0.25, 0.3) is 0 Å². The number of benzene rings is 1. The first-order valence-electron chi connectivity index (χ1n) is 9.25. The van der Waals surface area contributed by atoms with Crippen molar-refractivity contribution >= 4 is 23.3 Å². The number of carbonyl (C=O) groups is 2. The molecule has 3 amide bonds. The molecule has 0 aliphatic carbocycles. The smallest absolute Gasteiger partial charge is 0.321 e. The first-order valence-corrected chi connectivity index (χ1v) is 9.25. The monoisotopic (exact) mass is 385 g/mol. The highest BCUT2D eigenvalue weighted by atomic mass is 16.2. The lowest BCUT2D eigenvalue weighted by atomic mass is 10.1. The predicted molar refractivity (Wildman–Crippen MR) is 108 cm³/mol. The van der Waals surface area contributed by atoms with E-state index in [-0.39, 0.29) is 17.6 Å². The van der Waals surface area contributed by atoms with Gasteiger partial charge in [-0.1, -0.05) is 12.1 Å². The van der Waals surface area contributed by atoms with Crippen LogP contribution < -0.4 is 10.6 Å². The second-order valence-corrected chi connectivity index (χ2v) is 7.21. The molecule has 0 radical (unpaired) electrons. The van der Waals surface area contributed by atoms with E-state index in [1.54, 1.807) is 14.1 Å². The highest BCUT2D eigenvalue weighted by molar-refractivity contribution is 6.08. The van der Waals surface area contributed by atoms with Crippen molar-refractivity contribution in [2.45, 2.75) is 6.54 Å². The minimum Gasteiger partial charge on any atom is -0.331 e. The molecule has 3 N–H and O–H groups in total. The van der Waals surface area contributed by atoms with Crippen LogP contribution in [0.2, 0.25) is 0 Å². The molecule has 0 bridgehead atoms. The Balaban J connectivity index is 1.58. The lowest BCUT2D eigenvalue weighted by molar-refractivity contribution is 0.102. The standard InChI is InChI=1S/C19H27N7O2/c1-24(2)19(28)22-16-12-20-23-17(16)18(27)21-15-6-4-14(5-7-15)13-26-10-8-25(3)9-11-26/h4-7,12H,8-11,13H2,1-3H3,(H,20,23)(H,21,27)(H,22,28). The van der Waals surface area contributed by atoms with Gasteiger partial charge in [0.2, 0.25) is 0 Å². The molecule has 3 rings (SSSR count). The van der Waals surface area contributed by atoms with Crippen LogP contribution in [0.4, 0.5) is 16.2 Å². The summed E-state index contributed by atoms with van der Waals surface area (Å²) in [6, 6.07) is 7.49. The van der Waals surface area contributed by atoms with E-state index in [0.29, 0.717) is 11.4 Å². The van der Waals surface area contributed by atoms with Crippen molar-refractivity contribution in [2.24, 2.45) is 0 Å². The average Bonchev–Trinajstić information content (AvgIpc) is 3.13. The number of aromatic nitrogens is 2. The molecule has 0 unspecified atom stereocenters. The van der Waals surface area contributed by atoms with E-state index < -0.39 is 0 Å². The summed E-state index contributed by atoms with van der Waals surface area (Å²) in [5, 5.41) is 12.0. The Labute approximate surface area is 164 Å². The number of rotatable bonds is 5. The Morgan fingerprint density at radius 3 is 2.43 bits per heavy atom. The maximum atomic E-state index is 12.5. The first-order chi connectivity index (χ1) is 13.4. The number of urea groups is 1. The molecule has 0 spiro atoms. The number of carbonyl (C=O) groups excluding carboxylic acids is 2. The lowest BCUT2D eigenvalue weighted by Crippen LogP contribution is -2.43. The Morgan fingerprint density at radius 2 is 1.79 bits per heavy atom. The molecule has 9 nitrogen and oxygen atoms in total. The van der Waals surface area contributed by atoms with Crippen LogP contribution in [-0.2, 0) is 6.54 Å². The fourth-order valence-corrected chi connectivity index (χ4v) is 2.93. The van der Waals surface area contributed by atoms with Crippen molar-refractivity contribution in [3.63, 3.8) is 0 Å². The van der Waals surface area contributed by atoms with Gasteiger partial charge in [-0.3, -0.25) is 14.8 Å². The number of nitrogens with zero attached hydrogens (tertiary/aromatic N) is 4. The number of amides is 3. The van der Waals surface area contributed by atoms with Crippen LogP contribution >= 0.6 is 0 Å². The van der Waals surface area contributed by atoms with E-state index in [1.165, 1.54) is 16.7 Å². The average molecular weight is 385 g/mol. The molecule has 1 saturated heterocycles. The van der Waals surface area contributed by atoms with Crippen molar-refractivity contribution in [2.75, 3.05) is 58.0 Å². The number of anilines is 2. The fourth-order valence-electron chi connectivity index (χ4n) is 2.93. The van der Waals surface area contributed by atoms with Crippen molar-refractivity contribution in [1.29, 1.82) is 0 Å². The first kappa shape index (κ1) is 19.8. The summed E-state index contributed by atoms with van der Waals surface area (Å²) in [7, 11) is 5.39. The van der Waals surface area contributed by atoms with E-state index in [9.17, 15) is 9.59 Å². The maximum absolute atomic E-state index is 12.5. The Morgan fingerprint density at radius 1 is 1.11 bits per heavy atom. The number of likely N-dealkylation sites (N-methyl/N-ethyl adjacent to an activating group) is 1. The molecule has 150 valence electrons. The fraction of sp³-hybridized carbons (Fsp3) is 0.421. The Kier molecular flexibility index (Phi) is 6.27. The molecule has 2 aromatic rings. The molecule has 1 aliphatic rings. The topological polar surface area (TPSA) is 96.6 Å². The van der Waals surface area contributed by atoms with Gasteiger partial charge in [0.15, 0.2) is 0 Å². The lowest BCUT2D eigenvalue weighted by Gasteiger charge is -2.32. The van der Waals surface area contributed by atoms with Gasteiger partial charge in [-0.2, -0.15) is 5.10 Å². The predicted octanol–water partition coefficient (Wildman–Crippen LogP) is 1.50. The van der Waals surface area contributed by atoms with Crippen molar-refractivity contribution in [3.05, 3.63) is 41.7 Å². The molecule has 1 aliphatic heterocycles. The summed E-state index contributed by atoms with van der Waals surface area (Å²) < 4.78 is 0. The van der Waals surface area contributed by atoms with Gasteiger partial charge in [0.1, 0.15) is 5.69 Å². The third kappa shape index (κ3) is 5.08. The zero-order valence-corrected chi connectivity index (χ0v) is 16.5. The number of aromatic amines is 1. The van der Waals surface area contributed by atoms with E-state index in [2.05, 4.69) is 37.7 Å². The van der Waals surface area contributed by atoms with E-state index in [0.717, 1.165) is 32.7 Å². The number of H-pyrrole nitrogens is 1. The number of piperazine rings is 1. The van der Waals surface area contributed by atoms with Gasteiger partial charge in [-0.15, -0.1) is 0 Å². The molecule has 1 aromatic carbocycles. The van der Waals surface area contributed by atoms with Gasteiger partial charge in [-0.05, 0) is 24.7 Å². The van der Waals surface area contributed by atoms with Crippen molar-refractivity contribution < 1.29 is 9.59 Å². The van der Waals surface area contributed by atoms with Crippen molar-refractivity contribution in [1.82, 2.24) is 24.9 Å². The summed E-state index contributed by atoms with van der Waals surface area (Å²) >= 11 is 0.